The normalized spacial score (nSPS) is 11.5. The minimum Gasteiger partial charge on any atom is -0.333 e. The molecule has 0 aliphatic heterocycles. The summed E-state index contributed by atoms with van der Waals surface area (Å²) in [4.78, 5) is 29.7. The van der Waals surface area contributed by atoms with Crippen molar-refractivity contribution in [3.63, 3.8) is 0 Å². The number of benzene rings is 1. The van der Waals surface area contributed by atoms with Crippen LogP contribution < -0.4 is 10.6 Å². The third-order valence-electron chi connectivity index (χ3n) is 2.46. The number of rotatable bonds is 4. The number of hydrogen-bond acceptors (Lipinski definition) is 4. The largest absolute Gasteiger partial charge is 0.405 e. The number of imidazole rings is 1. The number of aromatic amines is 1. The summed E-state index contributed by atoms with van der Waals surface area (Å²) in [7, 11) is 0. The molecule has 2 aromatic rings. The molecule has 0 unspecified atom stereocenters. The van der Waals surface area contributed by atoms with Gasteiger partial charge in [0.05, 0.1) is 16.8 Å². The number of imide groups is 1. The van der Waals surface area contributed by atoms with Gasteiger partial charge in [-0.1, -0.05) is 23.4 Å². The van der Waals surface area contributed by atoms with Gasteiger partial charge in [-0.25, -0.2) is 9.78 Å². The van der Waals surface area contributed by atoms with Crippen LogP contribution in [0.2, 0.25) is 5.02 Å². The molecule has 23 heavy (non-hydrogen) atoms. The van der Waals surface area contributed by atoms with Crippen LogP contribution in [0.3, 0.4) is 0 Å². The lowest BCUT2D eigenvalue weighted by molar-refractivity contribution is -0.124. The molecule has 1 aromatic heterocycles. The van der Waals surface area contributed by atoms with Crippen LogP contribution in [0.25, 0.3) is 11.0 Å². The third-order valence-corrected chi connectivity index (χ3v) is 3.57. The van der Waals surface area contributed by atoms with Crippen LogP contribution >= 0.6 is 23.4 Å². The first-order valence-electron chi connectivity index (χ1n) is 6.15. The lowest BCUT2D eigenvalue weighted by Crippen LogP contribution is -2.43. The van der Waals surface area contributed by atoms with E-state index in [0.29, 0.717) is 21.2 Å². The Bertz CT molecular complexity index is 735. The smallest absolute Gasteiger partial charge is 0.333 e. The molecule has 1 aromatic carbocycles. The highest BCUT2D eigenvalue weighted by molar-refractivity contribution is 7.99. The summed E-state index contributed by atoms with van der Waals surface area (Å²) in [5, 5.41) is 4.28. The number of H-pyrrole nitrogens is 1. The molecular weight excluding hydrogens is 357 g/mol. The second-order valence-electron chi connectivity index (χ2n) is 4.34. The monoisotopic (exact) mass is 366 g/mol. The number of alkyl halides is 3. The van der Waals surface area contributed by atoms with Crippen LogP contribution in [0, 0.1) is 0 Å². The minimum atomic E-state index is -4.54. The number of halogens is 4. The van der Waals surface area contributed by atoms with Crippen molar-refractivity contribution in [3.05, 3.63) is 23.2 Å². The van der Waals surface area contributed by atoms with Crippen molar-refractivity contribution in [1.82, 2.24) is 20.6 Å². The topological polar surface area (TPSA) is 86.9 Å². The van der Waals surface area contributed by atoms with E-state index >= 15 is 0 Å². The van der Waals surface area contributed by atoms with Gasteiger partial charge in [-0.05, 0) is 18.2 Å². The summed E-state index contributed by atoms with van der Waals surface area (Å²) in [6.07, 6.45) is -4.54. The number of nitrogens with one attached hydrogen (secondary N) is 3. The molecule has 0 bridgehead atoms. The number of urea groups is 1. The quantitative estimate of drug-likeness (QED) is 0.726. The van der Waals surface area contributed by atoms with Crippen LogP contribution in [-0.2, 0) is 4.79 Å². The summed E-state index contributed by atoms with van der Waals surface area (Å²) in [5.41, 5.74) is 1.34. The zero-order chi connectivity index (χ0) is 17.0. The number of aromatic nitrogens is 2. The lowest BCUT2D eigenvalue weighted by Gasteiger charge is -2.08. The summed E-state index contributed by atoms with van der Waals surface area (Å²) in [6, 6.07) is 3.82. The number of carbonyl (C=O) groups is 2. The van der Waals surface area contributed by atoms with Gasteiger partial charge in [-0.15, -0.1) is 0 Å². The highest BCUT2D eigenvalue weighted by atomic mass is 35.5. The van der Waals surface area contributed by atoms with Crippen LogP contribution in [0.1, 0.15) is 0 Å². The average molecular weight is 367 g/mol. The lowest BCUT2D eigenvalue weighted by atomic mass is 10.3. The Balaban J connectivity index is 1.82. The molecule has 0 saturated carbocycles. The number of amides is 3. The summed E-state index contributed by atoms with van der Waals surface area (Å²) >= 11 is 6.83. The number of fused-ring (bicyclic) bond motifs is 1. The van der Waals surface area contributed by atoms with E-state index in [9.17, 15) is 22.8 Å². The molecule has 0 fully saturated rings. The standard InChI is InChI=1S/C12H10ClF3N4O2S/c13-6-1-2-7-8(3-6)19-11(18-7)23-4-9(21)20-10(22)17-5-12(14,15)16/h1-3H,4-5H2,(H,18,19)(H2,17,20,21,22). The van der Waals surface area contributed by atoms with Gasteiger partial charge in [0, 0.05) is 5.02 Å². The van der Waals surface area contributed by atoms with Crippen LogP contribution in [0.4, 0.5) is 18.0 Å². The Hall–Kier alpha value is -1.94. The van der Waals surface area contributed by atoms with Crippen molar-refractivity contribution in [2.24, 2.45) is 0 Å². The molecule has 3 amide bonds. The average Bonchev–Trinajstić information content (AvgIpc) is 2.84. The maximum absolute atomic E-state index is 11.9. The van der Waals surface area contributed by atoms with E-state index in [1.54, 1.807) is 23.5 Å². The highest BCUT2D eigenvalue weighted by Crippen LogP contribution is 2.22. The molecule has 11 heteroatoms. The number of thioether (sulfide) groups is 1. The van der Waals surface area contributed by atoms with Gasteiger partial charge in [-0.3, -0.25) is 10.1 Å². The molecule has 0 atom stereocenters. The Kier molecular flexibility index (Phi) is 5.37. The summed E-state index contributed by atoms with van der Waals surface area (Å²) < 4.78 is 35.7. The second kappa shape index (κ2) is 7.09. The van der Waals surface area contributed by atoms with Gasteiger partial charge in [0.25, 0.3) is 0 Å². The van der Waals surface area contributed by atoms with E-state index in [4.69, 9.17) is 11.6 Å². The van der Waals surface area contributed by atoms with Crippen molar-refractivity contribution < 1.29 is 22.8 Å². The molecule has 124 valence electrons. The fourth-order valence-electron chi connectivity index (χ4n) is 1.55. The fraction of sp³-hybridized carbons (Fsp3) is 0.250. The fourth-order valence-corrected chi connectivity index (χ4v) is 2.41. The molecule has 1 heterocycles. The Morgan fingerprint density at radius 2 is 2.09 bits per heavy atom. The Morgan fingerprint density at radius 1 is 1.35 bits per heavy atom. The molecule has 0 saturated heterocycles. The first-order valence-corrected chi connectivity index (χ1v) is 7.52. The van der Waals surface area contributed by atoms with Gasteiger partial charge in [0.2, 0.25) is 5.91 Å². The van der Waals surface area contributed by atoms with E-state index in [1.165, 1.54) is 5.32 Å². The zero-order valence-electron chi connectivity index (χ0n) is 11.3. The molecule has 6 nitrogen and oxygen atoms in total. The minimum absolute atomic E-state index is 0.188. The molecule has 2 rings (SSSR count). The first-order chi connectivity index (χ1) is 10.7. The maximum atomic E-state index is 11.9. The van der Waals surface area contributed by atoms with Crippen molar-refractivity contribution in [1.29, 1.82) is 0 Å². The van der Waals surface area contributed by atoms with E-state index in [1.807, 2.05) is 0 Å². The van der Waals surface area contributed by atoms with Crippen LogP contribution in [-0.4, -0.2) is 40.4 Å². The predicted octanol–water partition coefficient (Wildman–Crippen LogP) is 2.70. The van der Waals surface area contributed by atoms with E-state index in [2.05, 4.69) is 9.97 Å². The molecule has 3 N–H and O–H groups in total. The van der Waals surface area contributed by atoms with E-state index < -0.39 is 24.7 Å². The van der Waals surface area contributed by atoms with Crippen LogP contribution in [0.15, 0.2) is 23.4 Å². The van der Waals surface area contributed by atoms with Gasteiger partial charge < -0.3 is 10.3 Å². The second-order valence-corrected chi connectivity index (χ2v) is 5.74. The number of hydrogen-bond donors (Lipinski definition) is 3. The van der Waals surface area contributed by atoms with Crippen LogP contribution in [0.5, 0.6) is 0 Å². The predicted molar refractivity (Wildman–Crippen MR) is 79.4 cm³/mol. The molecule has 0 spiro atoms. The number of carbonyl (C=O) groups excluding carboxylic acids is 2. The summed E-state index contributed by atoms with van der Waals surface area (Å²) in [5.74, 6) is -0.930. The SMILES string of the molecule is O=C(CSc1nc2ccc(Cl)cc2[nH]1)NC(=O)NCC(F)(F)F. The third kappa shape index (κ3) is 5.64. The van der Waals surface area contributed by atoms with E-state index in [0.717, 1.165) is 11.8 Å². The van der Waals surface area contributed by atoms with E-state index in [-0.39, 0.29) is 5.75 Å². The Morgan fingerprint density at radius 3 is 2.78 bits per heavy atom. The molecule has 0 radical (unpaired) electrons. The molecule has 0 aliphatic carbocycles. The molecular formula is C12H10ClF3N4O2S. The van der Waals surface area contributed by atoms with Gasteiger partial charge in [-0.2, -0.15) is 13.2 Å². The van der Waals surface area contributed by atoms with Gasteiger partial charge >= 0.3 is 12.2 Å². The Labute approximate surface area is 137 Å². The highest BCUT2D eigenvalue weighted by Gasteiger charge is 2.27. The zero-order valence-corrected chi connectivity index (χ0v) is 12.9. The van der Waals surface area contributed by atoms with Crippen molar-refractivity contribution in [2.45, 2.75) is 11.3 Å². The van der Waals surface area contributed by atoms with Crippen molar-refractivity contribution in [2.75, 3.05) is 12.3 Å². The number of nitrogens with zero attached hydrogens (tertiary/aromatic N) is 1. The van der Waals surface area contributed by atoms with Crippen molar-refractivity contribution in [3.8, 4) is 0 Å². The first kappa shape index (κ1) is 17.4. The van der Waals surface area contributed by atoms with Gasteiger partial charge in [0.1, 0.15) is 6.54 Å². The summed E-state index contributed by atoms with van der Waals surface area (Å²) in [6.45, 7) is -1.51. The maximum Gasteiger partial charge on any atom is 0.405 e. The van der Waals surface area contributed by atoms with Crippen molar-refractivity contribution >= 4 is 46.3 Å². The molecule has 0 aliphatic rings. The van der Waals surface area contributed by atoms with Gasteiger partial charge in [0.15, 0.2) is 5.16 Å².